The fourth-order valence-electron chi connectivity index (χ4n) is 4.00. The second-order valence-electron chi connectivity index (χ2n) is 7.65. The molecule has 0 radical (unpaired) electrons. The third-order valence-electron chi connectivity index (χ3n) is 5.60. The SMILES string of the molecule is NC(=O)c1cccc(C(=O)Nc2nc3ccc(CO)cc3n2C2CCC(O)CC2)c1. The van der Waals surface area contributed by atoms with E-state index in [1.165, 1.54) is 6.07 Å². The highest BCUT2D eigenvalue weighted by Gasteiger charge is 2.26. The van der Waals surface area contributed by atoms with Gasteiger partial charge in [-0.3, -0.25) is 14.9 Å². The largest absolute Gasteiger partial charge is 0.393 e. The van der Waals surface area contributed by atoms with Crippen LogP contribution in [-0.4, -0.2) is 37.7 Å². The van der Waals surface area contributed by atoms with Gasteiger partial charge in [0.1, 0.15) is 0 Å². The van der Waals surface area contributed by atoms with Crippen LogP contribution in [0.4, 0.5) is 5.95 Å². The topological polar surface area (TPSA) is 130 Å². The predicted octanol–water partition coefficient (Wildman–Crippen LogP) is 2.36. The molecule has 3 aromatic rings. The van der Waals surface area contributed by atoms with Gasteiger partial charge in [0.2, 0.25) is 11.9 Å². The Morgan fingerprint density at radius 2 is 1.83 bits per heavy atom. The van der Waals surface area contributed by atoms with E-state index in [-0.39, 0.29) is 24.3 Å². The van der Waals surface area contributed by atoms with Crippen molar-refractivity contribution in [3.63, 3.8) is 0 Å². The minimum Gasteiger partial charge on any atom is -0.393 e. The quantitative estimate of drug-likeness (QED) is 0.515. The Labute approximate surface area is 173 Å². The number of hydrogen-bond donors (Lipinski definition) is 4. The molecule has 0 spiro atoms. The molecule has 1 fully saturated rings. The highest BCUT2D eigenvalue weighted by molar-refractivity contribution is 6.05. The summed E-state index contributed by atoms with van der Waals surface area (Å²) in [6.07, 6.45) is 2.57. The molecule has 8 heteroatoms. The number of carbonyl (C=O) groups is 2. The smallest absolute Gasteiger partial charge is 0.257 e. The molecule has 1 aliphatic carbocycles. The Balaban J connectivity index is 1.72. The summed E-state index contributed by atoms with van der Waals surface area (Å²) in [5.41, 5.74) is 8.17. The minimum absolute atomic E-state index is 0.0691. The molecule has 8 nitrogen and oxygen atoms in total. The molecule has 0 atom stereocenters. The summed E-state index contributed by atoms with van der Waals surface area (Å²) < 4.78 is 1.98. The van der Waals surface area contributed by atoms with Gasteiger partial charge in [-0.1, -0.05) is 12.1 Å². The van der Waals surface area contributed by atoms with Crippen LogP contribution in [0.5, 0.6) is 0 Å². The average molecular weight is 408 g/mol. The van der Waals surface area contributed by atoms with Crippen molar-refractivity contribution in [2.75, 3.05) is 5.32 Å². The fourth-order valence-corrected chi connectivity index (χ4v) is 4.00. The molecule has 2 amide bonds. The van der Waals surface area contributed by atoms with Crippen molar-refractivity contribution in [3.05, 3.63) is 59.2 Å². The van der Waals surface area contributed by atoms with Gasteiger partial charge in [-0.25, -0.2) is 4.98 Å². The summed E-state index contributed by atoms with van der Waals surface area (Å²) in [4.78, 5) is 28.9. The number of nitrogens with two attached hydrogens (primary N) is 1. The van der Waals surface area contributed by atoms with E-state index in [1.54, 1.807) is 24.3 Å². The summed E-state index contributed by atoms with van der Waals surface area (Å²) in [5, 5.41) is 22.3. The number of amides is 2. The number of nitrogens with zero attached hydrogens (tertiary/aromatic N) is 2. The summed E-state index contributed by atoms with van der Waals surface area (Å²) in [6, 6.07) is 11.8. The van der Waals surface area contributed by atoms with Crippen molar-refractivity contribution < 1.29 is 19.8 Å². The summed E-state index contributed by atoms with van der Waals surface area (Å²) in [7, 11) is 0. The highest BCUT2D eigenvalue weighted by Crippen LogP contribution is 2.35. The molecular formula is C22H24N4O4. The average Bonchev–Trinajstić information content (AvgIpc) is 3.11. The first kappa shape index (κ1) is 20.1. The van der Waals surface area contributed by atoms with Crippen LogP contribution in [0.2, 0.25) is 0 Å². The number of fused-ring (bicyclic) bond motifs is 1. The van der Waals surface area contributed by atoms with Crippen LogP contribution in [0.25, 0.3) is 11.0 Å². The number of primary amides is 1. The molecule has 0 saturated heterocycles. The van der Waals surface area contributed by atoms with Crippen LogP contribution in [0, 0.1) is 0 Å². The van der Waals surface area contributed by atoms with Crippen LogP contribution >= 0.6 is 0 Å². The Morgan fingerprint density at radius 3 is 2.53 bits per heavy atom. The van der Waals surface area contributed by atoms with Crippen molar-refractivity contribution >= 4 is 28.8 Å². The lowest BCUT2D eigenvalue weighted by atomic mass is 9.93. The van der Waals surface area contributed by atoms with E-state index in [4.69, 9.17) is 5.73 Å². The Hall–Kier alpha value is -3.23. The standard InChI is InChI=1S/C22H24N4O4/c23-20(29)14-2-1-3-15(11-14)21(30)25-22-24-18-9-4-13(12-27)10-19(18)26(22)16-5-7-17(28)8-6-16/h1-4,9-11,16-17,27-28H,5-8,12H2,(H2,23,29)(H,24,25,30). The maximum absolute atomic E-state index is 12.9. The number of imidazole rings is 1. The fraction of sp³-hybridized carbons (Fsp3) is 0.318. The number of aromatic nitrogens is 2. The molecule has 5 N–H and O–H groups in total. The number of aliphatic hydroxyl groups excluding tert-OH is 2. The lowest BCUT2D eigenvalue weighted by molar-refractivity contribution is 0.1000. The van der Waals surface area contributed by atoms with Crippen molar-refractivity contribution in [2.45, 2.75) is 44.4 Å². The van der Waals surface area contributed by atoms with Gasteiger partial charge in [-0.15, -0.1) is 0 Å². The molecule has 1 heterocycles. The molecule has 1 saturated carbocycles. The minimum atomic E-state index is -0.603. The van der Waals surface area contributed by atoms with Gasteiger partial charge >= 0.3 is 0 Å². The number of nitrogens with one attached hydrogen (secondary N) is 1. The lowest BCUT2D eigenvalue weighted by Crippen LogP contribution is -2.24. The van der Waals surface area contributed by atoms with Gasteiger partial charge in [0.25, 0.3) is 5.91 Å². The second-order valence-corrected chi connectivity index (χ2v) is 7.65. The Bertz CT molecular complexity index is 1100. The van der Waals surface area contributed by atoms with E-state index in [0.717, 1.165) is 23.9 Å². The monoisotopic (exact) mass is 408 g/mol. The summed E-state index contributed by atoms with van der Waals surface area (Å²) in [6.45, 7) is -0.0912. The van der Waals surface area contributed by atoms with Gasteiger partial charge in [-0.05, 0) is 61.6 Å². The number of anilines is 1. The van der Waals surface area contributed by atoms with Gasteiger partial charge in [0.05, 0.1) is 23.7 Å². The van der Waals surface area contributed by atoms with Crippen molar-refractivity contribution in [1.29, 1.82) is 0 Å². The molecule has 30 heavy (non-hydrogen) atoms. The van der Waals surface area contributed by atoms with Gasteiger partial charge in [0, 0.05) is 17.2 Å². The zero-order valence-electron chi connectivity index (χ0n) is 16.4. The van der Waals surface area contributed by atoms with Crippen molar-refractivity contribution in [1.82, 2.24) is 9.55 Å². The van der Waals surface area contributed by atoms with Crippen LogP contribution in [0.1, 0.15) is 58.0 Å². The number of rotatable bonds is 5. The molecule has 2 aromatic carbocycles. The lowest BCUT2D eigenvalue weighted by Gasteiger charge is -2.28. The molecule has 4 rings (SSSR count). The number of aliphatic hydroxyl groups is 2. The maximum Gasteiger partial charge on any atom is 0.257 e. The molecule has 1 aliphatic rings. The van der Waals surface area contributed by atoms with Crippen molar-refractivity contribution in [2.24, 2.45) is 5.73 Å². The first-order valence-electron chi connectivity index (χ1n) is 9.97. The normalized spacial score (nSPS) is 19.0. The second kappa shape index (κ2) is 8.25. The zero-order valence-corrected chi connectivity index (χ0v) is 16.4. The van der Waals surface area contributed by atoms with Gasteiger partial charge in [0.15, 0.2) is 0 Å². The Kier molecular flexibility index (Phi) is 5.52. The van der Waals surface area contributed by atoms with Gasteiger partial charge < -0.3 is 20.5 Å². The van der Waals surface area contributed by atoms with E-state index in [1.807, 2.05) is 16.7 Å². The van der Waals surface area contributed by atoms with E-state index in [2.05, 4.69) is 10.3 Å². The number of hydrogen-bond acceptors (Lipinski definition) is 5. The number of benzene rings is 2. The van der Waals surface area contributed by atoms with Crippen LogP contribution in [0.3, 0.4) is 0 Å². The molecule has 0 bridgehead atoms. The maximum atomic E-state index is 12.9. The van der Waals surface area contributed by atoms with Crippen molar-refractivity contribution in [3.8, 4) is 0 Å². The summed E-state index contributed by atoms with van der Waals surface area (Å²) in [5.74, 6) is -0.599. The first-order valence-corrected chi connectivity index (χ1v) is 9.97. The first-order chi connectivity index (χ1) is 14.5. The zero-order chi connectivity index (χ0) is 21.3. The predicted molar refractivity (Wildman–Crippen MR) is 112 cm³/mol. The van der Waals surface area contributed by atoms with E-state index in [0.29, 0.717) is 29.9 Å². The highest BCUT2D eigenvalue weighted by atomic mass is 16.3. The Morgan fingerprint density at radius 1 is 1.10 bits per heavy atom. The third kappa shape index (κ3) is 3.92. The molecule has 1 aromatic heterocycles. The van der Waals surface area contributed by atoms with E-state index < -0.39 is 11.8 Å². The molecular weight excluding hydrogens is 384 g/mol. The van der Waals surface area contributed by atoms with Crippen LogP contribution in [-0.2, 0) is 6.61 Å². The molecule has 0 unspecified atom stereocenters. The van der Waals surface area contributed by atoms with E-state index >= 15 is 0 Å². The molecule has 156 valence electrons. The van der Waals surface area contributed by atoms with Crippen LogP contribution < -0.4 is 11.1 Å². The van der Waals surface area contributed by atoms with E-state index in [9.17, 15) is 19.8 Å². The van der Waals surface area contributed by atoms with Crippen LogP contribution in [0.15, 0.2) is 42.5 Å². The molecule has 0 aliphatic heterocycles. The van der Waals surface area contributed by atoms with Gasteiger partial charge in [-0.2, -0.15) is 0 Å². The third-order valence-corrected chi connectivity index (χ3v) is 5.60. The number of carbonyl (C=O) groups excluding carboxylic acids is 2. The summed E-state index contributed by atoms with van der Waals surface area (Å²) >= 11 is 0.